The molecule has 0 atom stereocenters. The summed E-state index contributed by atoms with van der Waals surface area (Å²) in [6.45, 7) is 9.77. The number of imidazole rings is 1. The molecule has 1 heterocycles. The van der Waals surface area contributed by atoms with Gasteiger partial charge in [0, 0.05) is 12.0 Å². The van der Waals surface area contributed by atoms with Gasteiger partial charge in [0.1, 0.15) is 5.82 Å². The van der Waals surface area contributed by atoms with Gasteiger partial charge >= 0.3 is 0 Å². The van der Waals surface area contributed by atoms with E-state index in [0.29, 0.717) is 0 Å². The number of aromatic amines is 1. The number of aromatic nitrogens is 2. The predicted molar refractivity (Wildman–Crippen MR) is 73.6 cm³/mol. The number of H-pyrrole nitrogens is 1. The highest BCUT2D eigenvalue weighted by molar-refractivity contribution is 5.78. The van der Waals surface area contributed by atoms with Crippen molar-refractivity contribution in [3.8, 4) is 11.3 Å². The first-order chi connectivity index (χ1) is 8.30. The molecule has 0 unspecified atom stereocenters. The number of nitrogens with zero attached hydrogens (tertiary/aromatic N) is 1. The molecule has 0 saturated heterocycles. The third kappa shape index (κ3) is 2.07. The van der Waals surface area contributed by atoms with E-state index >= 15 is 0 Å². The van der Waals surface area contributed by atoms with Gasteiger partial charge in [-0.2, -0.15) is 0 Å². The second-order valence-corrected chi connectivity index (χ2v) is 3.81. The van der Waals surface area contributed by atoms with Gasteiger partial charge < -0.3 is 4.98 Å². The first kappa shape index (κ1) is 11.4. The van der Waals surface area contributed by atoms with Crippen molar-refractivity contribution in [1.82, 2.24) is 9.97 Å². The fourth-order valence-corrected chi connectivity index (χ4v) is 1.90. The molecule has 2 nitrogen and oxygen atoms in total. The van der Waals surface area contributed by atoms with Crippen molar-refractivity contribution in [3.63, 3.8) is 0 Å². The Kier molecular flexibility index (Phi) is 3.24. The lowest BCUT2D eigenvalue weighted by molar-refractivity contribution is 0.990. The maximum atomic E-state index is 4.33. The van der Waals surface area contributed by atoms with Crippen LogP contribution in [0.3, 0.4) is 0 Å². The summed E-state index contributed by atoms with van der Waals surface area (Å²) in [7, 11) is 0. The van der Waals surface area contributed by atoms with Crippen LogP contribution in [0.5, 0.6) is 0 Å². The third-order valence-corrected chi connectivity index (χ3v) is 2.82. The topological polar surface area (TPSA) is 28.7 Å². The van der Waals surface area contributed by atoms with Crippen molar-refractivity contribution < 1.29 is 0 Å². The minimum Gasteiger partial charge on any atom is -0.342 e. The number of aryl methyl sites for hydroxylation is 1. The minimum atomic E-state index is 0.907. The summed E-state index contributed by atoms with van der Waals surface area (Å²) in [5.41, 5.74) is 4.32. The van der Waals surface area contributed by atoms with Crippen molar-refractivity contribution >= 4 is 12.2 Å². The first-order valence-corrected chi connectivity index (χ1v) is 5.72. The highest BCUT2D eigenvalue weighted by Gasteiger charge is 2.07. The van der Waals surface area contributed by atoms with E-state index in [9.17, 15) is 0 Å². The van der Waals surface area contributed by atoms with Gasteiger partial charge in [-0.25, -0.2) is 4.98 Å². The molecular formula is C15H16N2. The van der Waals surface area contributed by atoms with Gasteiger partial charge in [0.05, 0.1) is 11.9 Å². The van der Waals surface area contributed by atoms with Crippen molar-refractivity contribution in [2.45, 2.75) is 13.3 Å². The average molecular weight is 224 g/mol. The fraction of sp³-hybridized carbons (Fsp3) is 0.133. The van der Waals surface area contributed by atoms with Crippen LogP contribution in [0.15, 0.2) is 37.6 Å². The summed E-state index contributed by atoms with van der Waals surface area (Å²) in [6.07, 6.45) is 6.48. The van der Waals surface area contributed by atoms with Crippen LogP contribution in [-0.4, -0.2) is 9.97 Å². The van der Waals surface area contributed by atoms with Crippen molar-refractivity contribution in [2.75, 3.05) is 0 Å². The lowest BCUT2D eigenvalue weighted by Crippen LogP contribution is -1.88. The summed E-state index contributed by atoms with van der Waals surface area (Å²) in [4.78, 5) is 7.64. The Morgan fingerprint density at radius 1 is 1.29 bits per heavy atom. The molecule has 2 rings (SSSR count). The molecule has 17 heavy (non-hydrogen) atoms. The maximum Gasteiger partial charge on any atom is 0.106 e. The largest absolute Gasteiger partial charge is 0.342 e. The normalized spacial score (nSPS) is 10.2. The van der Waals surface area contributed by atoms with Gasteiger partial charge in [-0.3, -0.25) is 0 Å². The van der Waals surface area contributed by atoms with Crippen LogP contribution < -0.4 is 0 Å². The van der Waals surface area contributed by atoms with E-state index < -0.39 is 0 Å². The zero-order valence-electron chi connectivity index (χ0n) is 10.0. The summed E-state index contributed by atoms with van der Waals surface area (Å²) in [6, 6.07) is 6.12. The molecule has 1 aromatic heterocycles. The van der Waals surface area contributed by atoms with Crippen LogP contribution in [0.25, 0.3) is 23.4 Å². The Bertz CT molecular complexity index is 550. The van der Waals surface area contributed by atoms with Crippen LogP contribution >= 0.6 is 0 Å². The van der Waals surface area contributed by atoms with Gasteiger partial charge in [-0.1, -0.05) is 50.4 Å². The Hall–Kier alpha value is -2.09. The van der Waals surface area contributed by atoms with Crippen molar-refractivity contribution in [2.24, 2.45) is 0 Å². The molecular weight excluding hydrogens is 208 g/mol. The van der Waals surface area contributed by atoms with Crippen molar-refractivity contribution in [1.29, 1.82) is 0 Å². The van der Waals surface area contributed by atoms with Crippen molar-refractivity contribution in [3.05, 3.63) is 54.5 Å². The molecule has 1 N–H and O–H groups in total. The summed E-state index contributed by atoms with van der Waals surface area (Å²) < 4.78 is 0. The van der Waals surface area contributed by atoms with Gasteiger partial charge in [-0.05, 0) is 11.1 Å². The number of rotatable bonds is 4. The van der Waals surface area contributed by atoms with Gasteiger partial charge in [-0.15, -0.1) is 0 Å². The van der Waals surface area contributed by atoms with E-state index in [-0.39, 0.29) is 0 Å². The molecule has 2 aromatic rings. The number of hydrogen-bond acceptors (Lipinski definition) is 1. The van der Waals surface area contributed by atoms with Crippen LogP contribution in [0, 0.1) is 0 Å². The summed E-state index contributed by atoms with van der Waals surface area (Å²) in [5.74, 6) is 0.999. The molecule has 0 aliphatic heterocycles. The molecule has 0 amide bonds. The summed E-state index contributed by atoms with van der Waals surface area (Å²) >= 11 is 0. The second kappa shape index (κ2) is 4.83. The molecule has 0 aliphatic carbocycles. The van der Waals surface area contributed by atoms with E-state index in [4.69, 9.17) is 0 Å². The molecule has 0 spiro atoms. The Labute approximate surface area is 102 Å². The monoisotopic (exact) mass is 224 g/mol. The highest BCUT2D eigenvalue weighted by atomic mass is 14.9. The first-order valence-electron chi connectivity index (χ1n) is 5.72. The maximum absolute atomic E-state index is 4.33. The van der Waals surface area contributed by atoms with Crippen LogP contribution in [0.2, 0.25) is 0 Å². The molecule has 2 heteroatoms. The average Bonchev–Trinajstić information content (AvgIpc) is 2.86. The molecule has 0 bridgehead atoms. The van der Waals surface area contributed by atoms with E-state index in [1.165, 1.54) is 0 Å². The predicted octanol–water partition coefficient (Wildman–Crippen LogP) is 3.93. The van der Waals surface area contributed by atoms with Gasteiger partial charge in [0.2, 0.25) is 0 Å². The molecule has 86 valence electrons. The quantitative estimate of drug-likeness (QED) is 0.837. The lowest BCUT2D eigenvalue weighted by Gasteiger charge is -2.07. The molecule has 0 radical (unpaired) electrons. The smallest absolute Gasteiger partial charge is 0.106 e. The lowest BCUT2D eigenvalue weighted by atomic mass is 9.99. The molecule has 0 fully saturated rings. The zero-order chi connectivity index (χ0) is 12.3. The standard InChI is InChI=1S/C15H16N2/c1-4-11-8-7-9-13(12(11)5-2)14-10-16-15(6-3)17-14/h4-5,7-10H,1-2,6H2,3H3,(H,16,17). The summed E-state index contributed by atoms with van der Waals surface area (Å²) in [5, 5.41) is 0. The van der Waals surface area contributed by atoms with E-state index in [1.54, 1.807) is 0 Å². The van der Waals surface area contributed by atoms with Gasteiger partial charge in [0.15, 0.2) is 0 Å². The number of benzene rings is 1. The fourth-order valence-electron chi connectivity index (χ4n) is 1.90. The third-order valence-electron chi connectivity index (χ3n) is 2.82. The van der Waals surface area contributed by atoms with Crippen LogP contribution in [-0.2, 0) is 6.42 Å². The SMILES string of the molecule is C=Cc1cccc(-c2cnc(CC)[nH]2)c1C=C. The van der Waals surface area contributed by atoms with Crippen LogP contribution in [0.1, 0.15) is 23.9 Å². The van der Waals surface area contributed by atoms with E-state index in [1.807, 2.05) is 30.5 Å². The van der Waals surface area contributed by atoms with Gasteiger partial charge in [0.25, 0.3) is 0 Å². The Balaban J connectivity index is 2.58. The minimum absolute atomic E-state index is 0.907. The second-order valence-electron chi connectivity index (χ2n) is 3.81. The molecule has 0 aliphatic rings. The molecule has 0 saturated carbocycles. The van der Waals surface area contributed by atoms with Crippen LogP contribution in [0.4, 0.5) is 0 Å². The number of hydrogen-bond donors (Lipinski definition) is 1. The van der Waals surface area contributed by atoms with E-state index in [2.05, 4.69) is 36.1 Å². The molecule has 1 aromatic carbocycles. The zero-order valence-corrected chi connectivity index (χ0v) is 10.0. The van der Waals surface area contributed by atoms with E-state index in [0.717, 1.165) is 34.6 Å². The Morgan fingerprint density at radius 2 is 2.12 bits per heavy atom. The highest BCUT2D eigenvalue weighted by Crippen LogP contribution is 2.26. The number of nitrogens with one attached hydrogen (secondary N) is 1. The Morgan fingerprint density at radius 3 is 2.71 bits per heavy atom.